The summed E-state index contributed by atoms with van der Waals surface area (Å²) in [6, 6.07) is 15.6. The summed E-state index contributed by atoms with van der Waals surface area (Å²) in [5.74, 6) is 2.14. The van der Waals surface area contributed by atoms with Gasteiger partial charge in [-0.15, -0.1) is 0 Å². The van der Waals surface area contributed by atoms with Gasteiger partial charge >= 0.3 is 0 Å². The minimum atomic E-state index is -0.322. The van der Waals surface area contributed by atoms with Gasteiger partial charge in [0.15, 0.2) is 12.4 Å². The fourth-order valence-corrected chi connectivity index (χ4v) is 4.63. The van der Waals surface area contributed by atoms with E-state index in [0.29, 0.717) is 36.1 Å². The van der Waals surface area contributed by atoms with Crippen LogP contribution in [0.25, 0.3) is 11.3 Å². The molecule has 1 aliphatic heterocycles. The zero-order chi connectivity index (χ0) is 25.9. The van der Waals surface area contributed by atoms with E-state index in [1.165, 1.54) is 12.1 Å². The van der Waals surface area contributed by atoms with Crippen molar-refractivity contribution in [3.63, 3.8) is 0 Å². The molecule has 0 N–H and O–H groups in total. The predicted molar refractivity (Wildman–Crippen MR) is 135 cm³/mol. The van der Waals surface area contributed by atoms with E-state index in [1.54, 1.807) is 19.2 Å². The monoisotopic (exact) mass is 504 g/mol. The van der Waals surface area contributed by atoms with Crippen LogP contribution in [0, 0.1) is 12.7 Å². The SMILES string of the molecule is COc1ccc(-c2cc(C(=O)N3CCC(c4noc(COc5ccc(F)cc5)n4)CC3)c(C)n2C)cc1. The van der Waals surface area contributed by atoms with E-state index in [1.807, 2.05) is 49.2 Å². The Morgan fingerprint density at radius 2 is 1.76 bits per heavy atom. The Labute approximate surface area is 214 Å². The largest absolute Gasteiger partial charge is 0.497 e. The minimum absolute atomic E-state index is 0.0350. The van der Waals surface area contributed by atoms with Gasteiger partial charge in [0.05, 0.1) is 12.7 Å². The lowest BCUT2D eigenvalue weighted by atomic mass is 9.95. The van der Waals surface area contributed by atoms with Gasteiger partial charge in [0.1, 0.15) is 17.3 Å². The van der Waals surface area contributed by atoms with Crippen LogP contribution in [0.5, 0.6) is 11.5 Å². The van der Waals surface area contributed by atoms with Gasteiger partial charge in [0.25, 0.3) is 11.8 Å². The third kappa shape index (κ3) is 5.21. The quantitative estimate of drug-likeness (QED) is 0.347. The van der Waals surface area contributed by atoms with E-state index >= 15 is 0 Å². The number of hydrogen-bond donors (Lipinski definition) is 0. The maximum atomic E-state index is 13.4. The Bertz CT molecular complexity index is 1370. The lowest BCUT2D eigenvalue weighted by Gasteiger charge is -2.30. The molecule has 8 nitrogen and oxygen atoms in total. The number of amides is 1. The van der Waals surface area contributed by atoms with Crippen molar-refractivity contribution in [2.24, 2.45) is 7.05 Å². The standard InChI is InChI=1S/C28H29FN4O4/c1-18-24(16-25(32(18)2)19-4-8-22(35-3)9-5-19)28(34)33-14-12-20(13-15-33)27-30-26(37-31-27)17-36-23-10-6-21(29)7-11-23/h4-11,16,20H,12-15,17H2,1-3H3. The Balaban J connectivity index is 1.20. The molecule has 4 aromatic rings. The van der Waals surface area contributed by atoms with Crippen LogP contribution in [0.1, 0.15) is 46.5 Å². The van der Waals surface area contributed by atoms with Crippen molar-refractivity contribution in [2.45, 2.75) is 32.3 Å². The fourth-order valence-electron chi connectivity index (χ4n) is 4.63. The summed E-state index contributed by atoms with van der Waals surface area (Å²) in [6.45, 7) is 3.32. The second kappa shape index (κ2) is 10.5. The molecule has 1 saturated heterocycles. The molecule has 2 aromatic heterocycles. The fraction of sp³-hybridized carbons (Fsp3) is 0.321. The molecule has 0 unspecified atom stereocenters. The molecule has 0 spiro atoms. The molecule has 0 saturated carbocycles. The van der Waals surface area contributed by atoms with Gasteiger partial charge < -0.3 is 23.5 Å². The first-order valence-electron chi connectivity index (χ1n) is 12.2. The van der Waals surface area contributed by atoms with Gasteiger partial charge in [-0.2, -0.15) is 4.98 Å². The molecule has 5 rings (SSSR count). The van der Waals surface area contributed by atoms with E-state index in [4.69, 9.17) is 14.0 Å². The number of carbonyl (C=O) groups excluding carboxylic acids is 1. The van der Waals surface area contributed by atoms with Gasteiger partial charge in [0, 0.05) is 37.4 Å². The summed E-state index contributed by atoms with van der Waals surface area (Å²) in [5.41, 5.74) is 3.66. The first-order chi connectivity index (χ1) is 17.9. The van der Waals surface area contributed by atoms with Crippen LogP contribution in [0.2, 0.25) is 0 Å². The minimum Gasteiger partial charge on any atom is -0.497 e. The van der Waals surface area contributed by atoms with Gasteiger partial charge in [0.2, 0.25) is 0 Å². The second-order valence-corrected chi connectivity index (χ2v) is 9.17. The number of hydrogen-bond acceptors (Lipinski definition) is 6. The highest BCUT2D eigenvalue weighted by Crippen LogP contribution is 2.30. The van der Waals surface area contributed by atoms with Crippen LogP contribution in [0.4, 0.5) is 4.39 Å². The molecule has 1 amide bonds. The van der Waals surface area contributed by atoms with Gasteiger partial charge in [-0.05, 0) is 79.9 Å². The first kappa shape index (κ1) is 24.5. The number of benzene rings is 2. The number of halogens is 1. The van der Waals surface area contributed by atoms with E-state index < -0.39 is 0 Å². The molecule has 192 valence electrons. The molecular formula is C28H29FN4O4. The number of methoxy groups -OCH3 is 1. The van der Waals surface area contributed by atoms with Crippen LogP contribution in [0.15, 0.2) is 59.1 Å². The Morgan fingerprint density at radius 3 is 2.43 bits per heavy atom. The Kier molecular flexibility index (Phi) is 6.94. The molecule has 9 heteroatoms. The molecule has 2 aromatic carbocycles. The van der Waals surface area contributed by atoms with Crippen LogP contribution < -0.4 is 9.47 Å². The lowest BCUT2D eigenvalue weighted by molar-refractivity contribution is 0.0710. The first-order valence-corrected chi connectivity index (χ1v) is 12.2. The van der Waals surface area contributed by atoms with Crippen LogP contribution in [-0.2, 0) is 13.7 Å². The van der Waals surface area contributed by atoms with Crippen molar-refractivity contribution in [1.82, 2.24) is 19.6 Å². The van der Waals surface area contributed by atoms with Crippen molar-refractivity contribution in [1.29, 1.82) is 0 Å². The average molecular weight is 505 g/mol. The Morgan fingerprint density at radius 1 is 1.08 bits per heavy atom. The maximum Gasteiger partial charge on any atom is 0.264 e. The number of ether oxygens (including phenoxy) is 2. The molecular weight excluding hydrogens is 475 g/mol. The van der Waals surface area contributed by atoms with Gasteiger partial charge in [-0.1, -0.05) is 5.16 Å². The number of nitrogens with zero attached hydrogens (tertiary/aromatic N) is 4. The van der Waals surface area contributed by atoms with Gasteiger partial charge in [-0.3, -0.25) is 4.79 Å². The summed E-state index contributed by atoms with van der Waals surface area (Å²) in [4.78, 5) is 19.8. The number of aromatic nitrogens is 3. The van der Waals surface area contributed by atoms with Crippen molar-refractivity contribution in [3.05, 3.63) is 83.4 Å². The van der Waals surface area contributed by atoms with E-state index in [-0.39, 0.29) is 24.2 Å². The highest BCUT2D eigenvalue weighted by molar-refractivity contribution is 5.97. The highest BCUT2D eigenvalue weighted by atomic mass is 19.1. The highest BCUT2D eigenvalue weighted by Gasteiger charge is 2.29. The predicted octanol–water partition coefficient (Wildman–Crippen LogP) is 5.13. The number of carbonyl (C=O) groups is 1. The maximum absolute atomic E-state index is 13.4. The molecule has 0 atom stereocenters. The summed E-state index contributed by atoms with van der Waals surface area (Å²) in [6.07, 6.45) is 1.50. The van der Waals surface area contributed by atoms with Gasteiger partial charge in [-0.25, -0.2) is 4.39 Å². The van der Waals surface area contributed by atoms with Crippen molar-refractivity contribution in [3.8, 4) is 22.8 Å². The second-order valence-electron chi connectivity index (χ2n) is 9.17. The van der Waals surface area contributed by atoms with Crippen molar-refractivity contribution in [2.75, 3.05) is 20.2 Å². The summed E-state index contributed by atoms with van der Waals surface area (Å²) < 4.78 is 31.3. The van der Waals surface area contributed by atoms with Crippen LogP contribution in [0.3, 0.4) is 0 Å². The summed E-state index contributed by atoms with van der Waals surface area (Å²) in [5, 5.41) is 4.13. The van der Waals surface area contributed by atoms with Crippen molar-refractivity contribution >= 4 is 5.91 Å². The number of rotatable bonds is 7. The van der Waals surface area contributed by atoms with E-state index in [9.17, 15) is 9.18 Å². The van der Waals surface area contributed by atoms with Crippen LogP contribution in [-0.4, -0.2) is 45.7 Å². The number of piperidine rings is 1. The normalized spacial score (nSPS) is 14.1. The summed E-state index contributed by atoms with van der Waals surface area (Å²) >= 11 is 0. The zero-order valence-corrected chi connectivity index (χ0v) is 21.1. The third-order valence-electron chi connectivity index (χ3n) is 6.96. The third-order valence-corrected chi connectivity index (χ3v) is 6.96. The molecule has 0 radical (unpaired) electrons. The van der Waals surface area contributed by atoms with E-state index in [2.05, 4.69) is 14.7 Å². The molecule has 0 bridgehead atoms. The molecule has 1 fully saturated rings. The zero-order valence-electron chi connectivity index (χ0n) is 21.1. The molecule has 37 heavy (non-hydrogen) atoms. The van der Waals surface area contributed by atoms with E-state index in [0.717, 1.165) is 35.5 Å². The average Bonchev–Trinajstić information content (AvgIpc) is 3.53. The van der Waals surface area contributed by atoms with Crippen molar-refractivity contribution < 1.29 is 23.2 Å². The van der Waals surface area contributed by atoms with Crippen LogP contribution >= 0.6 is 0 Å². The molecule has 0 aliphatic carbocycles. The number of likely N-dealkylation sites (tertiary alicyclic amines) is 1. The Hall–Kier alpha value is -4.14. The lowest BCUT2D eigenvalue weighted by Crippen LogP contribution is -2.38. The molecule has 1 aliphatic rings. The smallest absolute Gasteiger partial charge is 0.264 e. The summed E-state index contributed by atoms with van der Waals surface area (Å²) in [7, 11) is 3.62. The molecule has 3 heterocycles. The topological polar surface area (TPSA) is 82.6 Å².